The lowest BCUT2D eigenvalue weighted by Crippen LogP contribution is -2.18. The van der Waals surface area contributed by atoms with Crippen molar-refractivity contribution in [2.24, 2.45) is 11.7 Å². The number of benzene rings is 1. The molecule has 1 aliphatic rings. The van der Waals surface area contributed by atoms with E-state index in [1.165, 1.54) is 17.5 Å². The molecule has 0 spiro atoms. The van der Waals surface area contributed by atoms with Gasteiger partial charge in [-0.3, -0.25) is 0 Å². The molecule has 0 amide bonds. The van der Waals surface area contributed by atoms with Crippen LogP contribution in [0.5, 0.6) is 0 Å². The second kappa shape index (κ2) is 5.13. The number of hydrogen-bond acceptors (Lipinski definition) is 3. The highest BCUT2D eigenvalue weighted by molar-refractivity contribution is 5.60. The molecule has 1 unspecified atom stereocenters. The molecule has 0 bridgehead atoms. The molecule has 1 aromatic carbocycles. The van der Waals surface area contributed by atoms with Crippen molar-refractivity contribution in [3.8, 4) is 11.4 Å². The van der Waals surface area contributed by atoms with Crippen molar-refractivity contribution in [2.75, 3.05) is 6.54 Å². The van der Waals surface area contributed by atoms with E-state index in [9.17, 15) is 0 Å². The van der Waals surface area contributed by atoms with Gasteiger partial charge in [0.05, 0.1) is 0 Å². The van der Waals surface area contributed by atoms with E-state index in [1.807, 2.05) is 0 Å². The molecule has 19 heavy (non-hydrogen) atoms. The summed E-state index contributed by atoms with van der Waals surface area (Å²) in [5.74, 6) is 2.84. The highest BCUT2D eigenvalue weighted by Gasteiger charge is 2.21. The SMILES string of the molecule is CC1CCn2c(nnc2-c2ccccc2CCN)C1. The molecule has 2 heterocycles. The van der Waals surface area contributed by atoms with E-state index in [1.54, 1.807) is 0 Å². The first-order chi connectivity index (χ1) is 9.29. The van der Waals surface area contributed by atoms with Crippen LogP contribution in [0.1, 0.15) is 24.7 Å². The summed E-state index contributed by atoms with van der Waals surface area (Å²) in [6, 6.07) is 8.38. The first kappa shape index (κ1) is 12.4. The Bertz CT molecular complexity index is 573. The molecular formula is C15H20N4. The zero-order chi connectivity index (χ0) is 13.2. The van der Waals surface area contributed by atoms with Gasteiger partial charge in [0.25, 0.3) is 0 Å². The smallest absolute Gasteiger partial charge is 0.164 e. The molecule has 0 radical (unpaired) electrons. The van der Waals surface area contributed by atoms with Crippen molar-refractivity contribution in [3.63, 3.8) is 0 Å². The van der Waals surface area contributed by atoms with Crippen LogP contribution in [0.2, 0.25) is 0 Å². The first-order valence-corrected chi connectivity index (χ1v) is 7.00. The third-order valence-corrected chi connectivity index (χ3v) is 3.88. The van der Waals surface area contributed by atoms with E-state index in [-0.39, 0.29) is 0 Å². The molecular weight excluding hydrogens is 236 g/mol. The number of rotatable bonds is 3. The summed E-state index contributed by atoms with van der Waals surface area (Å²) in [5.41, 5.74) is 8.14. The van der Waals surface area contributed by atoms with Gasteiger partial charge in [0.15, 0.2) is 5.82 Å². The molecule has 0 aliphatic carbocycles. The highest BCUT2D eigenvalue weighted by Crippen LogP contribution is 2.27. The summed E-state index contributed by atoms with van der Waals surface area (Å²) in [4.78, 5) is 0. The predicted octanol–water partition coefficient (Wildman–Crippen LogP) is 2.03. The van der Waals surface area contributed by atoms with E-state index in [0.717, 1.165) is 31.0 Å². The van der Waals surface area contributed by atoms with Gasteiger partial charge in [0.1, 0.15) is 5.82 Å². The second-order valence-electron chi connectivity index (χ2n) is 5.39. The Kier molecular flexibility index (Phi) is 3.34. The fourth-order valence-electron chi connectivity index (χ4n) is 2.80. The topological polar surface area (TPSA) is 56.7 Å². The Morgan fingerprint density at radius 2 is 2.16 bits per heavy atom. The maximum Gasteiger partial charge on any atom is 0.164 e. The van der Waals surface area contributed by atoms with Crippen LogP contribution >= 0.6 is 0 Å². The van der Waals surface area contributed by atoms with E-state index in [4.69, 9.17) is 5.73 Å². The standard InChI is InChI=1S/C15H20N4/c1-11-7-9-19-14(10-11)17-18-15(19)13-5-3-2-4-12(13)6-8-16/h2-5,11H,6-10,16H2,1H3. The molecule has 0 fully saturated rings. The summed E-state index contributed by atoms with van der Waals surface area (Å²) < 4.78 is 2.27. The fourth-order valence-corrected chi connectivity index (χ4v) is 2.80. The number of nitrogens with two attached hydrogens (primary N) is 1. The zero-order valence-electron chi connectivity index (χ0n) is 11.3. The van der Waals surface area contributed by atoms with Crippen LogP contribution in [0.3, 0.4) is 0 Å². The minimum absolute atomic E-state index is 0.662. The normalized spacial score (nSPS) is 18.3. The quantitative estimate of drug-likeness (QED) is 0.914. The van der Waals surface area contributed by atoms with Gasteiger partial charge in [-0.2, -0.15) is 0 Å². The summed E-state index contributed by atoms with van der Waals surface area (Å²) in [6.07, 6.45) is 3.12. The van der Waals surface area contributed by atoms with Crippen LogP contribution < -0.4 is 5.73 Å². The van der Waals surface area contributed by atoms with Crippen LogP contribution in [-0.2, 0) is 19.4 Å². The van der Waals surface area contributed by atoms with Gasteiger partial charge in [-0.15, -0.1) is 10.2 Å². The lowest BCUT2D eigenvalue weighted by molar-refractivity contribution is 0.411. The average molecular weight is 256 g/mol. The average Bonchev–Trinajstić information content (AvgIpc) is 2.82. The van der Waals surface area contributed by atoms with Crippen molar-refractivity contribution in [1.82, 2.24) is 14.8 Å². The minimum Gasteiger partial charge on any atom is -0.330 e. The van der Waals surface area contributed by atoms with Crippen molar-refractivity contribution < 1.29 is 0 Å². The van der Waals surface area contributed by atoms with Gasteiger partial charge in [0.2, 0.25) is 0 Å². The minimum atomic E-state index is 0.662. The third-order valence-electron chi connectivity index (χ3n) is 3.88. The summed E-state index contributed by atoms with van der Waals surface area (Å²) in [5, 5.41) is 8.78. The van der Waals surface area contributed by atoms with Gasteiger partial charge in [-0.05, 0) is 30.9 Å². The molecule has 3 rings (SSSR count). The molecule has 2 N–H and O–H groups in total. The van der Waals surface area contributed by atoms with Gasteiger partial charge in [-0.25, -0.2) is 0 Å². The third kappa shape index (κ3) is 2.28. The molecule has 1 aliphatic heterocycles. The van der Waals surface area contributed by atoms with Crippen molar-refractivity contribution >= 4 is 0 Å². The van der Waals surface area contributed by atoms with Crippen molar-refractivity contribution in [3.05, 3.63) is 35.7 Å². The van der Waals surface area contributed by atoms with Gasteiger partial charge in [-0.1, -0.05) is 31.2 Å². The molecule has 0 saturated heterocycles. The molecule has 4 heteroatoms. The maximum atomic E-state index is 5.70. The summed E-state index contributed by atoms with van der Waals surface area (Å²) in [6.45, 7) is 3.96. The van der Waals surface area contributed by atoms with Crippen LogP contribution in [-0.4, -0.2) is 21.3 Å². The molecule has 2 aromatic rings. The number of nitrogens with zero attached hydrogens (tertiary/aromatic N) is 3. The van der Waals surface area contributed by atoms with Crippen LogP contribution in [0.4, 0.5) is 0 Å². The van der Waals surface area contributed by atoms with E-state index < -0.39 is 0 Å². The predicted molar refractivity (Wildman–Crippen MR) is 75.7 cm³/mol. The summed E-state index contributed by atoms with van der Waals surface area (Å²) >= 11 is 0. The number of aromatic nitrogens is 3. The molecule has 4 nitrogen and oxygen atoms in total. The Morgan fingerprint density at radius 1 is 1.32 bits per heavy atom. The van der Waals surface area contributed by atoms with Crippen LogP contribution in [0.15, 0.2) is 24.3 Å². The van der Waals surface area contributed by atoms with E-state index in [0.29, 0.717) is 12.5 Å². The molecule has 100 valence electrons. The fraction of sp³-hybridized carbons (Fsp3) is 0.467. The second-order valence-corrected chi connectivity index (χ2v) is 5.39. The van der Waals surface area contributed by atoms with E-state index >= 15 is 0 Å². The molecule has 0 saturated carbocycles. The zero-order valence-corrected chi connectivity index (χ0v) is 11.3. The van der Waals surface area contributed by atoms with Crippen molar-refractivity contribution in [1.29, 1.82) is 0 Å². The largest absolute Gasteiger partial charge is 0.330 e. The monoisotopic (exact) mass is 256 g/mol. The first-order valence-electron chi connectivity index (χ1n) is 7.00. The van der Waals surface area contributed by atoms with E-state index in [2.05, 4.69) is 46.0 Å². The van der Waals surface area contributed by atoms with Gasteiger partial charge in [0, 0.05) is 18.5 Å². The molecule has 1 aromatic heterocycles. The summed E-state index contributed by atoms with van der Waals surface area (Å²) in [7, 11) is 0. The number of fused-ring (bicyclic) bond motifs is 1. The highest BCUT2D eigenvalue weighted by atomic mass is 15.3. The van der Waals surface area contributed by atoms with Crippen LogP contribution in [0, 0.1) is 5.92 Å². The van der Waals surface area contributed by atoms with Crippen molar-refractivity contribution in [2.45, 2.75) is 32.7 Å². The van der Waals surface area contributed by atoms with Gasteiger partial charge >= 0.3 is 0 Å². The van der Waals surface area contributed by atoms with Crippen LogP contribution in [0.25, 0.3) is 11.4 Å². The number of hydrogen-bond donors (Lipinski definition) is 1. The molecule has 1 atom stereocenters. The lowest BCUT2D eigenvalue weighted by atomic mass is 9.99. The Balaban J connectivity index is 2.03. The Labute approximate surface area is 113 Å². The Morgan fingerprint density at radius 3 is 3.00 bits per heavy atom. The van der Waals surface area contributed by atoms with Gasteiger partial charge < -0.3 is 10.3 Å². The maximum absolute atomic E-state index is 5.70. The lowest BCUT2D eigenvalue weighted by Gasteiger charge is -2.20. The Hall–Kier alpha value is -1.68.